The van der Waals surface area contributed by atoms with E-state index in [0.717, 1.165) is 11.1 Å². The van der Waals surface area contributed by atoms with Crippen LogP contribution in [0, 0.1) is 0 Å². The van der Waals surface area contributed by atoms with Crippen LogP contribution in [-0.4, -0.2) is 17.4 Å². The quantitative estimate of drug-likeness (QED) is 0.415. The lowest BCUT2D eigenvalue weighted by Gasteiger charge is -2.13. The third-order valence-corrected chi connectivity index (χ3v) is 4.24. The first kappa shape index (κ1) is 21.9. The molecule has 7 heteroatoms. The number of hydrogen-bond donors (Lipinski definition) is 1. The molecule has 0 fully saturated rings. The lowest BCUT2D eigenvalue weighted by atomic mass is 10.1. The molecule has 1 N–H and O–H groups in total. The molecule has 3 aromatic carbocycles. The summed E-state index contributed by atoms with van der Waals surface area (Å²) in [5.74, 6) is -0.118. The SMILES string of the molecule is C[C@@H](O)c1ccc(OC(=O)OCc2ccccc2)c(OC(=O)OCc2ccccc2)c1. The van der Waals surface area contributed by atoms with Crippen LogP contribution in [0.4, 0.5) is 9.59 Å². The van der Waals surface area contributed by atoms with Crippen molar-refractivity contribution in [1.82, 2.24) is 0 Å². The van der Waals surface area contributed by atoms with Crippen molar-refractivity contribution in [3.05, 3.63) is 95.6 Å². The maximum atomic E-state index is 12.1. The molecule has 3 aromatic rings. The number of ether oxygens (including phenoxy) is 4. The number of benzene rings is 3. The molecule has 0 aliphatic heterocycles. The van der Waals surface area contributed by atoms with E-state index in [9.17, 15) is 14.7 Å². The van der Waals surface area contributed by atoms with Gasteiger partial charge in [0.05, 0.1) is 6.10 Å². The second kappa shape index (κ2) is 10.8. The first-order valence-electron chi connectivity index (χ1n) is 9.60. The molecule has 1 atom stereocenters. The number of carbonyl (C=O) groups excluding carboxylic acids is 2. The van der Waals surface area contributed by atoms with Crippen molar-refractivity contribution in [2.24, 2.45) is 0 Å². The van der Waals surface area contributed by atoms with Gasteiger partial charge in [-0.05, 0) is 35.7 Å². The average Bonchev–Trinajstić information content (AvgIpc) is 2.79. The van der Waals surface area contributed by atoms with Gasteiger partial charge < -0.3 is 24.1 Å². The molecule has 3 rings (SSSR count). The summed E-state index contributed by atoms with van der Waals surface area (Å²) in [6, 6.07) is 22.6. The van der Waals surface area contributed by atoms with Crippen LogP contribution >= 0.6 is 0 Å². The van der Waals surface area contributed by atoms with Gasteiger partial charge in [0, 0.05) is 0 Å². The number of aliphatic hydroxyl groups is 1. The Hall–Kier alpha value is -3.84. The van der Waals surface area contributed by atoms with Crippen molar-refractivity contribution < 1.29 is 33.6 Å². The Labute approximate surface area is 179 Å². The fraction of sp³-hybridized carbons (Fsp3) is 0.167. The van der Waals surface area contributed by atoms with E-state index in [4.69, 9.17) is 18.9 Å². The van der Waals surface area contributed by atoms with Gasteiger partial charge in [-0.15, -0.1) is 0 Å². The molecule has 0 radical (unpaired) electrons. The lowest BCUT2D eigenvalue weighted by molar-refractivity contribution is 0.0830. The summed E-state index contributed by atoms with van der Waals surface area (Å²) in [7, 11) is 0. The molecule has 0 aromatic heterocycles. The predicted molar refractivity (Wildman–Crippen MR) is 112 cm³/mol. The van der Waals surface area contributed by atoms with Crippen molar-refractivity contribution in [3.63, 3.8) is 0 Å². The number of carbonyl (C=O) groups is 2. The predicted octanol–water partition coefficient (Wildman–Crippen LogP) is 5.17. The molecule has 0 aliphatic carbocycles. The van der Waals surface area contributed by atoms with E-state index < -0.39 is 18.4 Å². The highest BCUT2D eigenvalue weighted by atomic mass is 16.7. The minimum absolute atomic E-state index is 0.0189. The number of hydrogen-bond acceptors (Lipinski definition) is 7. The summed E-state index contributed by atoms with van der Waals surface area (Å²) < 4.78 is 20.6. The van der Waals surface area contributed by atoms with Crippen LogP contribution in [0.15, 0.2) is 78.9 Å². The fourth-order valence-corrected chi connectivity index (χ4v) is 2.62. The van der Waals surface area contributed by atoms with Gasteiger partial charge in [0.1, 0.15) is 13.2 Å². The van der Waals surface area contributed by atoms with E-state index in [1.807, 2.05) is 48.5 Å². The zero-order chi connectivity index (χ0) is 22.1. The molecule has 0 aliphatic rings. The van der Waals surface area contributed by atoms with Crippen LogP contribution < -0.4 is 9.47 Å². The van der Waals surface area contributed by atoms with Crippen molar-refractivity contribution in [2.75, 3.05) is 0 Å². The summed E-state index contributed by atoms with van der Waals surface area (Å²) in [6.45, 7) is 1.60. The van der Waals surface area contributed by atoms with Gasteiger partial charge in [0.15, 0.2) is 11.5 Å². The number of rotatable bonds is 7. The summed E-state index contributed by atoms with van der Waals surface area (Å²) in [5.41, 5.74) is 2.05. The molecule has 0 saturated heterocycles. The van der Waals surface area contributed by atoms with Crippen LogP contribution in [0.1, 0.15) is 29.7 Å². The Kier molecular flexibility index (Phi) is 7.61. The molecule has 0 bridgehead atoms. The normalized spacial score (nSPS) is 11.3. The molecule has 0 saturated carbocycles. The molecule has 31 heavy (non-hydrogen) atoms. The molecule has 0 spiro atoms. The van der Waals surface area contributed by atoms with Crippen molar-refractivity contribution in [1.29, 1.82) is 0 Å². The van der Waals surface area contributed by atoms with Gasteiger partial charge in [-0.25, -0.2) is 9.59 Å². The van der Waals surface area contributed by atoms with Gasteiger partial charge in [-0.3, -0.25) is 0 Å². The van der Waals surface area contributed by atoms with Gasteiger partial charge in [0.25, 0.3) is 0 Å². The van der Waals surface area contributed by atoms with Crippen LogP contribution in [0.2, 0.25) is 0 Å². The Morgan fingerprint density at radius 3 is 1.71 bits per heavy atom. The molecule has 160 valence electrons. The van der Waals surface area contributed by atoms with Gasteiger partial charge >= 0.3 is 12.3 Å². The summed E-state index contributed by atoms with van der Waals surface area (Å²) >= 11 is 0. The maximum Gasteiger partial charge on any atom is 0.514 e. The second-order valence-electron chi connectivity index (χ2n) is 6.63. The van der Waals surface area contributed by atoms with Gasteiger partial charge in [-0.1, -0.05) is 66.7 Å². The van der Waals surface area contributed by atoms with Gasteiger partial charge in [0.2, 0.25) is 0 Å². The van der Waals surface area contributed by atoms with Crippen molar-refractivity contribution in [3.8, 4) is 11.5 Å². The van der Waals surface area contributed by atoms with E-state index in [1.54, 1.807) is 25.1 Å². The van der Waals surface area contributed by atoms with E-state index in [-0.39, 0.29) is 24.7 Å². The minimum Gasteiger partial charge on any atom is -0.429 e. The molecular weight excluding hydrogens is 400 g/mol. The van der Waals surface area contributed by atoms with Crippen LogP contribution in [0.5, 0.6) is 11.5 Å². The van der Waals surface area contributed by atoms with E-state index >= 15 is 0 Å². The Morgan fingerprint density at radius 1 is 0.742 bits per heavy atom. The Bertz CT molecular complexity index is 1000. The first-order chi connectivity index (χ1) is 15.0. The fourth-order valence-electron chi connectivity index (χ4n) is 2.62. The van der Waals surface area contributed by atoms with E-state index in [0.29, 0.717) is 5.56 Å². The summed E-state index contributed by atoms with van der Waals surface area (Å²) in [5, 5.41) is 9.81. The van der Waals surface area contributed by atoms with Crippen molar-refractivity contribution in [2.45, 2.75) is 26.2 Å². The second-order valence-corrected chi connectivity index (χ2v) is 6.63. The summed E-state index contributed by atoms with van der Waals surface area (Å²) in [4.78, 5) is 24.2. The van der Waals surface area contributed by atoms with Crippen LogP contribution in [0.25, 0.3) is 0 Å². The Balaban J connectivity index is 1.65. The van der Waals surface area contributed by atoms with Gasteiger partial charge in [-0.2, -0.15) is 0 Å². The molecular formula is C24H22O7. The smallest absolute Gasteiger partial charge is 0.429 e. The zero-order valence-corrected chi connectivity index (χ0v) is 16.9. The number of aliphatic hydroxyl groups excluding tert-OH is 1. The van der Waals surface area contributed by atoms with E-state index in [1.165, 1.54) is 12.1 Å². The lowest BCUT2D eigenvalue weighted by Crippen LogP contribution is -2.14. The highest BCUT2D eigenvalue weighted by Gasteiger charge is 2.18. The monoisotopic (exact) mass is 422 g/mol. The molecule has 0 unspecified atom stereocenters. The van der Waals surface area contributed by atoms with Crippen molar-refractivity contribution >= 4 is 12.3 Å². The minimum atomic E-state index is -0.978. The first-order valence-corrected chi connectivity index (χ1v) is 9.60. The molecule has 7 nitrogen and oxygen atoms in total. The van der Waals surface area contributed by atoms with E-state index in [2.05, 4.69) is 0 Å². The molecule has 0 heterocycles. The van der Waals surface area contributed by atoms with Crippen LogP contribution in [-0.2, 0) is 22.7 Å². The highest BCUT2D eigenvalue weighted by Crippen LogP contribution is 2.31. The van der Waals surface area contributed by atoms with Crippen LogP contribution in [0.3, 0.4) is 0 Å². The zero-order valence-electron chi connectivity index (χ0n) is 16.9. The topological polar surface area (TPSA) is 91.3 Å². The average molecular weight is 422 g/mol. The third-order valence-electron chi connectivity index (χ3n) is 4.24. The summed E-state index contributed by atoms with van der Waals surface area (Å²) in [6.07, 6.45) is -2.76. The maximum absolute atomic E-state index is 12.1. The standard InChI is InChI=1S/C24H22O7/c1-17(25)20-12-13-21(30-23(26)28-15-18-8-4-2-5-9-18)22(14-20)31-24(27)29-16-19-10-6-3-7-11-19/h2-14,17,25H,15-16H2,1H3/t17-/m1/s1. The Morgan fingerprint density at radius 2 is 1.23 bits per heavy atom. The largest absolute Gasteiger partial charge is 0.514 e. The highest BCUT2D eigenvalue weighted by molar-refractivity contribution is 5.69. The third kappa shape index (κ3) is 6.87. The molecule has 0 amide bonds.